The molecule has 0 bridgehead atoms. The van der Waals surface area contributed by atoms with Gasteiger partial charge in [0.25, 0.3) is 0 Å². The molecule has 0 atom stereocenters. The molecule has 0 heterocycles. The van der Waals surface area contributed by atoms with Crippen molar-refractivity contribution < 1.29 is 0 Å². The average molecular weight is 125 g/mol. The molecule has 0 N–H and O–H groups in total. The fourth-order valence-electron chi connectivity index (χ4n) is 0.694. The van der Waals surface area contributed by atoms with Gasteiger partial charge in [-0.15, -0.1) is 0 Å². The standard InChI is InChI=1S/C8H15N/c1-5-6-8(4)9-7(2)3/h6H,5H2,1-4H3/b8-6-. The van der Waals surface area contributed by atoms with E-state index in [4.69, 9.17) is 0 Å². The average Bonchev–Trinajstić information content (AvgIpc) is 1.63. The van der Waals surface area contributed by atoms with E-state index in [1.165, 1.54) is 0 Å². The molecular weight excluding hydrogens is 110 g/mol. The monoisotopic (exact) mass is 125 g/mol. The number of rotatable bonds is 2. The lowest BCUT2D eigenvalue weighted by molar-refractivity contribution is 1.15. The van der Waals surface area contributed by atoms with Gasteiger partial charge < -0.3 is 0 Å². The van der Waals surface area contributed by atoms with Crippen LogP contribution in [0.25, 0.3) is 0 Å². The summed E-state index contributed by atoms with van der Waals surface area (Å²) in [7, 11) is 0. The maximum absolute atomic E-state index is 4.24. The van der Waals surface area contributed by atoms with E-state index in [1.807, 2.05) is 20.8 Å². The molecule has 0 radical (unpaired) electrons. The zero-order valence-electron chi connectivity index (χ0n) is 6.73. The molecule has 0 unspecified atom stereocenters. The van der Waals surface area contributed by atoms with Crippen LogP contribution in [0.4, 0.5) is 0 Å². The van der Waals surface area contributed by atoms with Gasteiger partial charge in [0, 0.05) is 11.4 Å². The van der Waals surface area contributed by atoms with E-state index in [1.54, 1.807) is 0 Å². The highest BCUT2D eigenvalue weighted by Crippen LogP contribution is 1.96. The predicted molar refractivity (Wildman–Crippen MR) is 42.8 cm³/mol. The summed E-state index contributed by atoms with van der Waals surface area (Å²) in [5.41, 5.74) is 2.25. The van der Waals surface area contributed by atoms with Crippen LogP contribution in [0.15, 0.2) is 16.8 Å². The second-order valence-electron chi connectivity index (χ2n) is 2.31. The molecule has 0 spiro atoms. The van der Waals surface area contributed by atoms with Crippen molar-refractivity contribution in [2.75, 3.05) is 0 Å². The summed E-state index contributed by atoms with van der Waals surface area (Å²) in [5.74, 6) is 0. The Bertz CT molecular complexity index is 128. The molecule has 0 rings (SSSR count). The van der Waals surface area contributed by atoms with Gasteiger partial charge in [-0.1, -0.05) is 13.0 Å². The molecule has 1 nitrogen and oxygen atoms in total. The molecule has 0 saturated carbocycles. The first-order valence-corrected chi connectivity index (χ1v) is 3.35. The lowest BCUT2D eigenvalue weighted by Gasteiger charge is -1.90. The molecule has 0 aromatic rings. The molecule has 52 valence electrons. The van der Waals surface area contributed by atoms with Gasteiger partial charge >= 0.3 is 0 Å². The second-order valence-corrected chi connectivity index (χ2v) is 2.31. The highest BCUT2D eigenvalue weighted by atomic mass is 14.7. The Balaban J connectivity index is 3.90. The van der Waals surface area contributed by atoms with Gasteiger partial charge in [-0.05, 0) is 27.2 Å². The number of allylic oxidation sites excluding steroid dienone is 2. The SMILES string of the molecule is CC/C=C(/C)N=C(C)C. The molecule has 0 aromatic carbocycles. The molecule has 0 aliphatic heterocycles. The third kappa shape index (κ3) is 5.28. The lowest BCUT2D eigenvalue weighted by Crippen LogP contribution is -1.80. The number of aliphatic imine (C=N–C) groups is 1. The number of hydrogen-bond donors (Lipinski definition) is 0. The molecule has 0 fully saturated rings. The van der Waals surface area contributed by atoms with Crippen molar-refractivity contribution in [2.45, 2.75) is 34.1 Å². The van der Waals surface area contributed by atoms with Gasteiger partial charge in [0.1, 0.15) is 0 Å². The Morgan fingerprint density at radius 3 is 2.22 bits per heavy atom. The van der Waals surface area contributed by atoms with Crippen LogP contribution in [-0.2, 0) is 0 Å². The number of nitrogens with zero attached hydrogens (tertiary/aromatic N) is 1. The van der Waals surface area contributed by atoms with Gasteiger partial charge in [-0.25, -0.2) is 0 Å². The fraction of sp³-hybridized carbons (Fsp3) is 0.625. The molecule has 0 amide bonds. The van der Waals surface area contributed by atoms with E-state index in [2.05, 4.69) is 18.0 Å². The first kappa shape index (κ1) is 8.41. The first-order chi connectivity index (χ1) is 4.16. The minimum Gasteiger partial charge on any atom is -0.263 e. The largest absolute Gasteiger partial charge is 0.263 e. The van der Waals surface area contributed by atoms with E-state index >= 15 is 0 Å². The van der Waals surface area contributed by atoms with E-state index in [0.717, 1.165) is 17.8 Å². The van der Waals surface area contributed by atoms with Crippen LogP contribution in [0.2, 0.25) is 0 Å². The Kier molecular flexibility index (Phi) is 4.02. The van der Waals surface area contributed by atoms with Crippen molar-refractivity contribution in [3.63, 3.8) is 0 Å². The van der Waals surface area contributed by atoms with Crippen LogP contribution in [0, 0.1) is 0 Å². The van der Waals surface area contributed by atoms with Gasteiger partial charge in [-0.2, -0.15) is 0 Å². The zero-order chi connectivity index (χ0) is 7.28. The van der Waals surface area contributed by atoms with E-state index < -0.39 is 0 Å². The third-order valence-electron chi connectivity index (χ3n) is 0.899. The van der Waals surface area contributed by atoms with Crippen LogP contribution >= 0.6 is 0 Å². The molecule has 0 aliphatic carbocycles. The van der Waals surface area contributed by atoms with Crippen molar-refractivity contribution in [2.24, 2.45) is 4.99 Å². The van der Waals surface area contributed by atoms with Crippen LogP contribution in [-0.4, -0.2) is 5.71 Å². The zero-order valence-corrected chi connectivity index (χ0v) is 6.73. The maximum Gasteiger partial charge on any atom is 0.0331 e. The maximum atomic E-state index is 4.24. The van der Waals surface area contributed by atoms with Crippen molar-refractivity contribution in [1.82, 2.24) is 0 Å². The smallest absolute Gasteiger partial charge is 0.0331 e. The topological polar surface area (TPSA) is 12.4 Å². The minimum atomic E-state index is 1.07. The molecule has 0 aliphatic rings. The molecule has 0 aromatic heterocycles. The Labute approximate surface area is 57.5 Å². The summed E-state index contributed by atoms with van der Waals surface area (Å²) < 4.78 is 0. The Morgan fingerprint density at radius 2 is 1.89 bits per heavy atom. The second kappa shape index (κ2) is 4.30. The first-order valence-electron chi connectivity index (χ1n) is 3.35. The Hall–Kier alpha value is -0.590. The van der Waals surface area contributed by atoms with E-state index in [-0.39, 0.29) is 0 Å². The lowest BCUT2D eigenvalue weighted by atomic mass is 10.3. The normalized spacial score (nSPS) is 11.3. The summed E-state index contributed by atoms with van der Waals surface area (Å²) in [6.07, 6.45) is 3.19. The van der Waals surface area contributed by atoms with E-state index in [0.29, 0.717) is 0 Å². The molecule has 0 saturated heterocycles. The molecule has 1 heteroatoms. The summed E-state index contributed by atoms with van der Waals surface area (Å²) in [4.78, 5) is 4.24. The third-order valence-corrected chi connectivity index (χ3v) is 0.899. The van der Waals surface area contributed by atoms with Gasteiger partial charge in [0.2, 0.25) is 0 Å². The summed E-state index contributed by atoms with van der Waals surface area (Å²) in [6, 6.07) is 0. The van der Waals surface area contributed by atoms with Crippen LogP contribution in [0.1, 0.15) is 34.1 Å². The van der Waals surface area contributed by atoms with Crippen molar-refractivity contribution in [3.05, 3.63) is 11.8 Å². The van der Waals surface area contributed by atoms with Crippen LogP contribution < -0.4 is 0 Å². The van der Waals surface area contributed by atoms with Gasteiger partial charge in [0.05, 0.1) is 0 Å². The van der Waals surface area contributed by atoms with Crippen molar-refractivity contribution in [3.8, 4) is 0 Å². The van der Waals surface area contributed by atoms with E-state index in [9.17, 15) is 0 Å². The Morgan fingerprint density at radius 1 is 1.33 bits per heavy atom. The van der Waals surface area contributed by atoms with Crippen molar-refractivity contribution in [1.29, 1.82) is 0 Å². The van der Waals surface area contributed by atoms with Crippen LogP contribution in [0.5, 0.6) is 0 Å². The summed E-state index contributed by atoms with van der Waals surface area (Å²) >= 11 is 0. The molecular formula is C8H15N. The number of hydrogen-bond acceptors (Lipinski definition) is 1. The quantitative estimate of drug-likeness (QED) is 0.503. The van der Waals surface area contributed by atoms with Gasteiger partial charge in [-0.3, -0.25) is 4.99 Å². The minimum absolute atomic E-state index is 1.07. The van der Waals surface area contributed by atoms with Crippen LogP contribution in [0.3, 0.4) is 0 Å². The fourth-order valence-corrected chi connectivity index (χ4v) is 0.694. The summed E-state index contributed by atoms with van der Waals surface area (Å²) in [5, 5.41) is 0. The highest BCUT2D eigenvalue weighted by molar-refractivity contribution is 5.80. The molecule has 9 heavy (non-hydrogen) atoms. The van der Waals surface area contributed by atoms with Crippen molar-refractivity contribution >= 4 is 5.71 Å². The summed E-state index contributed by atoms with van der Waals surface area (Å²) in [6.45, 7) is 8.15. The van der Waals surface area contributed by atoms with Gasteiger partial charge in [0.15, 0.2) is 0 Å². The highest BCUT2D eigenvalue weighted by Gasteiger charge is 1.80. The predicted octanol–water partition coefficient (Wildman–Crippen LogP) is 2.78.